The van der Waals surface area contributed by atoms with Crippen molar-refractivity contribution in [3.63, 3.8) is 0 Å². The Bertz CT molecular complexity index is 1090. The molecule has 4 rings (SSSR count). The summed E-state index contributed by atoms with van der Waals surface area (Å²) in [5.41, 5.74) is 1.20. The van der Waals surface area contributed by atoms with Gasteiger partial charge in [0.15, 0.2) is 10.8 Å². The van der Waals surface area contributed by atoms with Crippen molar-refractivity contribution in [2.45, 2.75) is 31.7 Å². The highest BCUT2D eigenvalue weighted by atomic mass is 35.5. The van der Waals surface area contributed by atoms with E-state index in [1.54, 1.807) is 17.6 Å². The number of carboxylic acid groups (broad SMARTS) is 1. The van der Waals surface area contributed by atoms with Crippen molar-refractivity contribution in [1.29, 1.82) is 0 Å². The molecule has 1 atom stereocenters. The van der Waals surface area contributed by atoms with Gasteiger partial charge in [0, 0.05) is 22.8 Å². The number of amidine groups is 1. The molecule has 0 amide bonds. The third-order valence-electron chi connectivity index (χ3n) is 5.88. The van der Waals surface area contributed by atoms with E-state index in [0.29, 0.717) is 47.8 Å². The number of allylic oxidation sites excluding steroid dienone is 1. The number of ether oxygens (including phenoxy) is 1. The number of esters is 1. The van der Waals surface area contributed by atoms with Crippen LogP contribution < -0.4 is 5.32 Å². The first-order valence-corrected chi connectivity index (χ1v) is 11.4. The highest BCUT2D eigenvalue weighted by molar-refractivity contribution is 7.11. The summed E-state index contributed by atoms with van der Waals surface area (Å²) < 4.78 is 19.4. The van der Waals surface area contributed by atoms with E-state index in [1.165, 1.54) is 30.6 Å². The molecule has 0 bridgehead atoms. The maximum absolute atomic E-state index is 14.3. The van der Waals surface area contributed by atoms with Crippen LogP contribution in [0.25, 0.3) is 0 Å². The molecule has 168 valence electrons. The van der Waals surface area contributed by atoms with E-state index in [-0.39, 0.29) is 16.5 Å². The standard InChI is InChI=1S/C22H21ClFN3O4S/c1-31-22(30)15-17(11-5-7-12(8-6-11)21(28)29)26-19(20-25-9-10-32-20)27-18(15)13-3-2-4-14(24)16(13)23/h2-4,9-12,18H,5-8H2,1H3,(H,26,27)(H,28,29)/t11-,12-,18?. The van der Waals surface area contributed by atoms with E-state index in [2.05, 4.69) is 15.3 Å². The van der Waals surface area contributed by atoms with Crippen molar-refractivity contribution in [3.8, 4) is 0 Å². The van der Waals surface area contributed by atoms with E-state index < -0.39 is 29.7 Å². The highest BCUT2D eigenvalue weighted by Crippen LogP contribution is 2.42. The van der Waals surface area contributed by atoms with Gasteiger partial charge in [0.25, 0.3) is 0 Å². The number of hydrogen-bond donors (Lipinski definition) is 2. The normalized spacial score (nSPS) is 23.3. The highest BCUT2D eigenvalue weighted by Gasteiger charge is 2.38. The van der Waals surface area contributed by atoms with Crippen LogP contribution in [0.5, 0.6) is 0 Å². The van der Waals surface area contributed by atoms with Crippen LogP contribution in [0.3, 0.4) is 0 Å². The molecule has 7 nitrogen and oxygen atoms in total. The van der Waals surface area contributed by atoms with Gasteiger partial charge in [0.2, 0.25) is 0 Å². The van der Waals surface area contributed by atoms with Crippen LogP contribution >= 0.6 is 22.9 Å². The number of thiazole rings is 1. The fourth-order valence-electron chi connectivity index (χ4n) is 4.26. The summed E-state index contributed by atoms with van der Waals surface area (Å²) in [4.78, 5) is 33.3. The molecule has 2 aliphatic rings. The van der Waals surface area contributed by atoms with Crippen LogP contribution in [0.15, 0.2) is 46.0 Å². The second kappa shape index (κ2) is 9.38. The van der Waals surface area contributed by atoms with Gasteiger partial charge in [0.05, 0.1) is 23.6 Å². The third-order valence-corrected chi connectivity index (χ3v) is 7.05. The summed E-state index contributed by atoms with van der Waals surface area (Å²) in [6.07, 6.45) is 3.79. The van der Waals surface area contributed by atoms with Gasteiger partial charge in [-0.15, -0.1) is 11.3 Å². The molecular formula is C22H21ClFN3O4S. The summed E-state index contributed by atoms with van der Waals surface area (Å²) in [6.45, 7) is 0. The molecular weight excluding hydrogens is 457 g/mol. The first-order valence-electron chi connectivity index (χ1n) is 10.1. The number of hydrogen-bond acceptors (Lipinski definition) is 7. The largest absolute Gasteiger partial charge is 0.481 e. The number of nitrogens with zero attached hydrogens (tertiary/aromatic N) is 2. The summed E-state index contributed by atoms with van der Waals surface area (Å²) in [5, 5.41) is 14.9. The number of carboxylic acids is 1. The molecule has 1 aliphatic carbocycles. The second-order valence-electron chi connectivity index (χ2n) is 7.69. The molecule has 1 aromatic carbocycles. The lowest BCUT2D eigenvalue weighted by atomic mass is 9.78. The average Bonchev–Trinajstić information content (AvgIpc) is 3.35. The van der Waals surface area contributed by atoms with Crippen LogP contribution in [0.1, 0.15) is 42.3 Å². The van der Waals surface area contributed by atoms with Crippen LogP contribution in [0.4, 0.5) is 4.39 Å². The smallest absolute Gasteiger partial charge is 0.338 e. The predicted molar refractivity (Wildman–Crippen MR) is 118 cm³/mol. The summed E-state index contributed by atoms with van der Waals surface area (Å²) in [5.74, 6) is -2.08. The Morgan fingerprint density at radius 2 is 2.03 bits per heavy atom. The molecule has 0 radical (unpaired) electrons. The number of aliphatic carboxylic acids is 1. The van der Waals surface area contributed by atoms with Crippen LogP contribution in [0.2, 0.25) is 5.02 Å². The number of carbonyl (C=O) groups excluding carboxylic acids is 1. The molecule has 1 unspecified atom stereocenters. The molecule has 1 saturated carbocycles. The number of carbonyl (C=O) groups is 2. The molecule has 2 heterocycles. The molecule has 32 heavy (non-hydrogen) atoms. The number of rotatable bonds is 5. The molecule has 1 aromatic heterocycles. The molecule has 0 saturated heterocycles. The summed E-state index contributed by atoms with van der Waals surface area (Å²) >= 11 is 7.66. The van der Waals surface area contributed by atoms with Crippen LogP contribution in [-0.2, 0) is 14.3 Å². The molecule has 1 aliphatic heterocycles. The van der Waals surface area contributed by atoms with E-state index >= 15 is 0 Å². The number of aromatic nitrogens is 1. The first kappa shape index (κ1) is 22.4. The lowest BCUT2D eigenvalue weighted by Gasteiger charge is -2.34. The monoisotopic (exact) mass is 477 g/mol. The lowest BCUT2D eigenvalue weighted by molar-refractivity contribution is -0.143. The van der Waals surface area contributed by atoms with E-state index in [0.717, 1.165) is 0 Å². The fourth-order valence-corrected chi connectivity index (χ4v) is 5.07. The van der Waals surface area contributed by atoms with E-state index in [4.69, 9.17) is 16.3 Å². The Morgan fingerprint density at radius 3 is 2.66 bits per heavy atom. The molecule has 10 heteroatoms. The summed E-state index contributed by atoms with van der Waals surface area (Å²) in [6, 6.07) is 3.50. The van der Waals surface area contributed by atoms with Gasteiger partial charge >= 0.3 is 11.9 Å². The zero-order valence-corrected chi connectivity index (χ0v) is 18.8. The molecule has 0 spiro atoms. The average molecular weight is 478 g/mol. The van der Waals surface area contributed by atoms with Gasteiger partial charge in [-0.1, -0.05) is 23.7 Å². The Morgan fingerprint density at radius 1 is 1.28 bits per heavy atom. The zero-order chi connectivity index (χ0) is 22.8. The minimum atomic E-state index is -0.891. The van der Waals surface area contributed by atoms with Crippen molar-refractivity contribution < 1.29 is 23.8 Å². The molecule has 2 aromatic rings. The van der Waals surface area contributed by atoms with Gasteiger partial charge in [-0.25, -0.2) is 14.2 Å². The number of nitrogens with one attached hydrogen (secondary N) is 1. The van der Waals surface area contributed by atoms with Gasteiger partial charge < -0.3 is 15.2 Å². The lowest BCUT2D eigenvalue weighted by Crippen LogP contribution is -2.38. The van der Waals surface area contributed by atoms with Gasteiger partial charge in [0.1, 0.15) is 11.9 Å². The van der Waals surface area contributed by atoms with E-state index in [9.17, 15) is 19.1 Å². The third kappa shape index (κ3) is 4.27. The van der Waals surface area contributed by atoms with Crippen molar-refractivity contribution in [2.75, 3.05) is 7.11 Å². The number of benzene rings is 1. The fraction of sp³-hybridized carbons (Fsp3) is 0.364. The topological polar surface area (TPSA) is 101 Å². The van der Waals surface area contributed by atoms with Crippen molar-refractivity contribution in [1.82, 2.24) is 10.3 Å². The Kier molecular flexibility index (Phi) is 6.57. The number of aliphatic imine (C=N–C) groups is 1. The van der Waals surface area contributed by atoms with Crippen molar-refractivity contribution in [2.24, 2.45) is 16.8 Å². The van der Waals surface area contributed by atoms with Crippen molar-refractivity contribution in [3.05, 3.63) is 62.5 Å². The Balaban J connectivity index is 1.83. The number of methoxy groups -OCH3 is 1. The Labute approximate surface area is 193 Å². The number of halogens is 2. The first-order chi connectivity index (χ1) is 15.4. The maximum atomic E-state index is 14.3. The Hall–Kier alpha value is -2.78. The molecule has 2 N–H and O–H groups in total. The van der Waals surface area contributed by atoms with Crippen LogP contribution in [0, 0.1) is 17.7 Å². The second-order valence-corrected chi connectivity index (χ2v) is 8.96. The maximum Gasteiger partial charge on any atom is 0.338 e. The quantitative estimate of drug-likeness (QED) is 0.621. The van der Waals surface area contributed by atoms with Gasteiger partial charge in [-0.3, -0.25) is 9.79 Å². The van der Waals surface area contributed by atoms with Crippen LogP contribution in [-0.4, -0.2) is 35.0 Å². The minimum absolute atomic E-state index is 0.111. The molecule has 1 fully saturated rings. The van der Waals surface area contributed by atoms with Crippen molar-refractivity contribution >= 4 is 40.7 Å². The minimum Gasteiger partial charge on any atom is -0.481 e. The van der Waals surface area contributed by atoms with E-state index in [1.807, 2.05) is 0 Å². The predicted octanol–water partition coefficient (Wildman–Crippen LogP) is 4.34. The SMILES string of the molecule is COC(=O)C1=C([C@H]2CC[C@H](C(=O)O)CC2)NC(c2nccs2)=NC1c1cccc(F)c1Cl. The van der Waals surface area contributed by atoms with Gasteiger partial charge in [-0.05, 0) is 37.7 Å². The van der Waals surface area contributed by atoms with Gasteiger partial charge in [-0.2, -0.15) is 0 Å². The zero-order valence-electron chi connectivity index (χ0n) is 17.2. The summed E-state index contributed by atoms with van der Waals surface area (Å²) in [7, 11) is 1.28.